The number of Topliss-reactive ketones (excluding diaryl/α,β-unsaturated/α-hetero) is 1. The van der Waals surface area contributed by atoms with Crippen LogP contribution in [0.1, 0.15) is 63.7 Å². The third-order valence-electron chi connectivity index (χ3n) is 5.30. The van der Waals surface area contributed by atoms with Gasteiger partial charge in [-0.05, 0) is 37.0 Å². The summed E-state index contributed by atoms with van der Waals surface area (Å²) in [5, 5.41) is 0. The van der Waals surface area contributed by atoms with E-state index in [0.29, 0.717) is 29.7 Å². The number of hydrogen-bond donors (Lipinski definition) is 0. The lowest BCUT2D eigenvalue weighted by Crippen LogP contribution is -2.38. The van der Waals surface area contributed by atoms with Gasteiger partial charge >= 0.3 is 5.97 Å². The fourth-order valence-electron chi connectivity index (χ4n) is 3.74. The predicted molar refractivity (Wildman–Crippen MR) is 95.8 cm³/mol. The topological polar surface area (TPSA) is 43.4 Å². The molecule has 0 saturated heterocycles. The average Bonchev–Trinajstić information content (AvgIpc) is 2.56. The zero-order valence-electron chi connectivity index (χ0n) is 15.3. The van der Waals surface area contributed by atoms with E-state index in [4.69, 9.17) is 4.74 Å². The molecule has 3 heteroatoms. The molecule has 0 radical (unpaired) electrons. The van der Waals surface area contributed by atoms with Crippen molar-refractivity contribution in [3.8, 4) is 0 Å². The summed E-state index contributed by atoms with van der Waals surface area (Å²) in [4.78, 5) is 25.3. The fourth-order valence-corrected chi connectivity index (χ4v) is 3.74. The maximum atomic E-state index is 12.7. The second-order valence-corrected chi connectivity index (χ2v) is 7.49. The van der Waals surface area contributed by atoms with E-state index in [0.717, 1.165) is 12.8 Å². The van der Waals surface area contributed by atoms with Gasteiger partial charge in [0, 0.05) is 5.56 Å². The highest BCUT2D eigenvalue weighted by Crippen LogP contribution is 2.36. The van der Waals surface area contributed by atoms with Gasteiger partial charge in [-0.25, -0.2) is 0 Å². The zero-order valence-corrected chi connectivity index (χ0v) is 15.3. The zero-order chi connectivity index (χ0) is 17.7. The molecule has 1 aromatic carbocycles. The molecule has 0 aromatic heterocycles. The van der Waals surface area contributed by atoms with Crippen molar-refractivity contribution in [1.82, 2.24) is 0 Å². The summed E-state index contributed by atoms with van der Waals surface area (Å²) in [7, 11) is 0. The van der Waals surface area contributed by atoms with Crippen LogP contribution < -0.4 is 0 Å². The van der Waals surface area contributed by atoms with Crippen LogP contribution in [0.2, 0.25) is 0 Å². The Balaban J connectivity index is 2.09. The molecule has 4 atom stereocenters. The monoisotopic (exact) mass is 330 g/mol. The average molecular weight is 330 g/mol. The predicted octanol–water partition coefficient (Wildman–Crippen LogP) is 4.90. The van der Waals surface area contributed by atoms with Crippen molar-refractivity contribution in [3.63, 3.8) is 0 Å². The van der Waals surface area contributed by atoms with Crippen molar-refractivity contribution in [2.45, 2.75) is 59.5 Å². The Hall–Kier alpha value is -1.64. The first kappa shape index (κ1) is 18.7. The number of ether oxygens (including phenoxy) is 1. The molecule has 24 heavy (non-hydrogen) atoms. The van der Waals surface area contributed by atoms with Gasteiger partial charge < -0.3 is 4.74 Å². The van der Waals surface area contributed by atoms with Gasteiger partial charge in [0.1, 0.15) is 12.0 Å². The van der Waals surface area contributed by atoms with E-state index in [2.05, 4.69) is 20.8 Å². The molecule has 3 nitrogen and oxygen atoms in total. The Bertz CT molecular complexity index is 549. The van der Waals surface area contributed by atoms with Gasteiger partial charge in [0.05, 0.1) is 0 Å². The first-order valence-corrected chi connectivity index (χ1v) is 9.23. The molecule has 0 amide bonds. The highest BCUT2D eigenvalue weighted by Gasteiger charge is 2.36. The van der Waals surface area contributed by atoms with Crippen molar-refractivity contribution in [3.05, 3.63) is 35.9 Å². The number of rotatable bonds is 6. The Morgan fingerprint density at radius 2 is 1.83 bits per heavy atom. The van der Waals surface area contributed by atoms with E-state index in [1.54, 1.807) is 12.1 Å². The van der Waals surface area contributed by atoms with Gasteiger partial charge in [-0.2, -0.15) is 0 Å². The van der Waals surface area contributed by atoms with Crippen molar-refractivity contribution in [2.24, 2.45) is 23.7 Å². The molecular weight excluding hydrogens is 300 g/mol. The summed E-state index contributed by atoms with van der Waals surface area (Å²) in [5.74, 6) is 0.277. The highest BCUT2D eigenvalue weighted by molar-refractivity contribution is 6.08. The van der Waals surface area contributed by atoms with Crippen molar-refractivity contribution in [2.75, 3.05) is 0 Å². The molecule has 1 aliphatic rings. The van der Waals surface area contributed by atoms with Crippen molar-refractivity contribution >= 4 is 11.8 Å². The first-order valence-electron chi connectivity index (χ1n) is 9.23. The maximum Gasteiger partial charge on any atom is 0.317 e. The van der Waals surface area contributed by atoms with Gasteiger partial charge in [0.15, 0.2) is 5.78 Å². The summed E-state index contributed by atoms with van der Waals surface area (Å²) in [6.07, 6.45) is 3.61. The van der Waals surface area contributed by atoms with Crippen LogP contribution in [0.15, 0.2) is 30.3 Å². The summed E-state index contributed by atoms with van der Waals surface area (Å²) in [5.41, 5.74) is 0.582. The smallest absolute Gasteiger partial charge is 0.317 e. The lowest BCUT2D eigenvalue weighted by Gasteiger charge is -2.37. The quantitative estimate of drug-likeness (QED) is 0.423. The molecule has 0 bridgehead atoms. The van der Waals surface area contributed by atoms with Crippen LogP contribution >= 0.6 is 0 Å². The van der Waals surface area contributed by atoms with Gasteiger partial charge in [0.25, 0.3) is 0 Å². The number of carbonyl (C=O) groups excluding carboxylic acids is 2. The number of carbonyl (C=O) groups is 2. The summed E-state index contributed by atoms with van der Waals surface area (Å²) in [6, 6.07) is 9.04. The minimum Gasteiger partial charge on any atom is -0.462 e. The van der Waals surface area contributed by atoms with Crippen molar-refractivity contribution < 1.29 is 14.3 Å². The molecule has 1 aliphatic carbocycles. The van der Waals surface area contributed by atoms with Crippen molar-refractivity contribution in [1.29, 1.82) is 0 Å². The van der Waals surface area contributed by atoms with Gasteiger partial charge in [-0.15, -0.1) is 0 Å². The van der Waals surface area contributed by atoms with Crippen LogP contribution in [0, 0.1) is 23.7 Å². The van der Waals surface area contributed by atoms with Gasteiger partial charge in [-0.3, -0.25) is 9.59 Å². The minimum absolute atomic E-state index is 0.0566. The molecule has 1 saturated carbocycles. The molecule has 0 spiro atoms. The molecule has 0 aliphatic heterocycles. The molecule has 2 rings (SSSR count). The van der Waals surface area contributed by atoms with E-state index in [9.17, 15) is 9.59 Å². The molecule has 1 aromatic rings. The normalized spacial score (nSPS) is 25.3. The van der Waals surface area contributed by atoms with Gasteiger partial charge in [-0.1, -0.05) is 64.4 Å². The summed E-state index contributed by atoms with van der Waals surface area (Å²) >= 11 is 0. The molecule has 0 heterocycles. The second kappa shape index (κ2) is 8.46. The SMILES string of the molecule is CC[C@H](C(=O)O[C@H]1C[C@H](C)CC[C@@H]1C(C)C)C(=O)c1ccccc1. The van der Waals surface area contributed by atoms with Crippen LogP contribution in [-0.2, 0) is 9.53 Å². The first-order chi connectivity index (χ1) is 11.4. The third-order valence-corrected chi connectivity index (χ3v) is 5.30. The summed E-state index contributed by atoms with van der Waals surface area (Å²) < 4.78 is 5.87. The fraction of sp³-hybridized carbons (Fsp3) is 0.619. The molecule has 132 valence electrons. The van der Waals surface area contributed by atoms with Gasteiger partial charge in [0.2, 0.25) is 0 Å². The highest BCUT2D eigenvalue weighted by atomic mass is 16.5. The lowest BCUT2D eigenvalue weighted by molar-refractivity contribution is -0.159. The molecular formula is C21H30O3. The number of hydrogen-bond acceptors (Lipinski definition) is 3. The Labute approximate surface area is 145 Å². The summed E-state index contributed by atoms with van der Waals surface area (Å²) in [6.45, 7) is 8.46. The molecule has 1 fully saturated rings. The number of benzene rings is 1. The standard InChI is InChI=1S/C21H30O3/c1-5-17(20(22)16-9-7-6-8-10-16)21(23)24-19-13-15(4)11-12-18(19)14(2)3/h6-10,14-15,17-19H,5,11-13H2,1-4H3/t15-,17+,18-,19+/m1/s1. The number of ketones is 1. The van der Waals surface area contributed by atoms with Crippen LogP contribution in [-0.4, -0.2) is 17.9 Å². The Morgan fingerprint density at radius 3 is 2.42 bits per heavy atom. The van der Waals surface area contributed by atoms with E-state index in [1.165, 1.54) is 6.42 Å². The maximum absolute atomic E-state index is 12.7. The Kier molecular flexibility index (Phi) is 6.59. The number of esters is 1. The Morgan fingerprint density at radius 1 is 1.17 bits per heavy atom. The van der Waals surface area contributed by atoms with Crippen LogP contribution in [0.25, 0.3) is 0 Å². The van der Waals surface area contributed by atoms with E-state index in [-0.39, 0.29) is 17.9 Å². The second-order valence-electron chi connectivity index (χ2n) is 7.49. The van der Waals surface area contributed by atoms with E-state index in [1.807, 2.05) is 25.1 Å². The van der Waals surface area contributed by atoms with Crippen LogP contribution in [0.4, 0.5) is 0 Å². The van der Waals surface area contributed by atoms with Crippen LogP contribution in [0.3, 0.4) is 0 Å². The lowest BCUT2D eigenvalue weighted by atomic mass is 9.75. The molecule has 0 N–H and O–H groups in total. The largest absolute Gasteiger partial charge is 0.462 e. The third kappa shape index (κ3) is 4.46. The van der Waals surface area contributed by atoms with E-state index < -0.39 is 5.92 Å². The minimum atomic E-state index is -0.697. The van der Waals surface area contributed by atoms with Crippen LogP contribution in [0.5, 0.6) is 0 Å². The van der Waals surface area contributed by atoms with E-state index >= 15 is 0 Å². The molecule has 0 unspecified atom stereocenters.